The van der Waals surface area contributed by atoms with Crippen LogP contribution in [-0.4, -0.2) is 59.5 Å². The third-order valence-electron chi connectivity index (χ3n) is 8.60. The second kappa shape index (κ2) is 12.3. The minimum atomic E-state index is -1.42. The smallest absolute Gasteiger partial charge is 0.412 e. The Morgan fingerprint density at radius 3 is 2.84 bits per heavy atom. The highest BCUT2D eigenvalue weighted by atomic mass is 35.5. The van der Waals surface area contributed by atoms with E-state index in [1.54, 1.807) is 23.1 Å². The summed E-state index contributed by atoms with van der Waals surface area (Å²) in [5.41, 5.74) is 0.408. The van der Waals surface area contributed by atoms with Crippen molar-refractivity contribution in [3.63, 3.8) is 0 Å². The van der Waals surface area contributed by atoms with Gasteiger partial charge in [-0.1, -0.05) is 24.9 Å². The van der Waals surface area contributed by atoms with Gasteiger partial charge in [0, 0.05) is 30.8 Å². The van der Waals surface area contributed by atoms with E-state index in [1.807, 2.05) is 6.92 Å². The lowest BCUT2D eigenvalue weighted by Crippen LogP contribution is -2.54. The van der Waals surface area contributed by atoms with Crippen LogP contribution in [0.2, 0.25) is 5.02 Å². The molecule has 12 nitrogen and oxygen atoms in total. The zero-order valence-corrected chi connectivity index (χ0v) is 25.4. The molecule has 3 aromatic rings. The summed E-state index contributed by atoms with van der Waals surface area (Å²) in [6.45, 7) is 2.10. The van der Waals surface area contributed by atoms with Crippen molar-refractivity contribution in [2.45, 2.75) is 57.0 Å². The van der Waals surface area contributed by atoms with Crippen LogP contribution in [0, 0.1) is 11.7 Å². The summed E-state index contributed by atoms with van der Waals surface area (Å²) >= 11 is 6.12. The van der Waals surface area contributed by atoms with Crippen molar-refractivity contribution in [1.82, 2.24) is 9.88 Å². The average molecular weight is 642 g/mol. The quantitative estimate of drug-likeness (QED) is 0.274. The van der Waals surface area contributed by atoms with Crippen LogP contribution in [-0.2, 0) is 24.7 Å². The highest BCUT2D eigenvalue weighted by molar-refractivity contribution is 6.31. The number of likely N-dealkylation sites (tertiary alicyclic amines) is 1. The fourth-order valence-electron chi connectivity index (χ4n) is 6.28. The first kappa shape index (κ1) is 30.8. The van der Waals surface area contributed by atoms with Gasteiger partial charge in [0.05, 0.1) is 34.7 Å². The maximum atomic E-state index is 15.4. The van der Waals surface area contributed by atoms with Crippen LogP contribution in [0.25, 0.3) is 11.3 Å². The number of carbonyl (C=O) groups excluding carboxylic acids is 3. The van der Waals surface area contributed by atoms with E-state index in [2.05, 4.69) is 20.9 Å². The predicted molar refractivity (Wildman–Crippen MR) is 162 cm³/mol. The number of fused-ring (bicyclic) bond motifs is 6. The van der Waals surface area contributed by atoms with Crippen molar-refractivity contribution in [3.8, 4) is 11.3 Å². The fourth-order valence-corrected chi connectivity index (χ4v) is 6.43. The second-order valence-electron chi connectivity index (χ2n) is 11.6. The number of benzene rings is 2. The molecule has 2 bridgehead atoms. The van der Waals surface area contributed by atoms with Gasteiger partial charge in [0.25, 0.3) is 0 Å². The topological polar surface area (TPSA) is 155 Å². The van der Waals surface area contributed by atoms with Crippen LogP contribution in [0.15, 0.2) is 40.9 Å². The van der Waals surface area contributed by atoms with Crippen LogP contribution in [0.5, 0.6) is 0 Å². The van der Waals surface area contributed by atoms with Crippen LogP contribution in [0.4, 0.5) is 26.2 Å². The molecule has 45 heavy (non-hydrogen) atoms. The highest BCUT2D eigenvalue weighted by Gasteiger charge is 2.49. The first-order valence-corrected chi connectivity index (χ1v) is 15.1. The number of piperidine rings is 1. The minimum Gasteiger partial charge on any atom is -0.440 e. The standard InChI is InChI=1S/C31H33ClFN5O7/c1-16-5-3-6-19(27-34-14-23(44-27)18-8-7-17(35-29(41)43-2)13-22(18)36-26(16)39)28(40)38-12-4-11-31(15-38)24-21(37-30(42)45-31)10-9-20(32)25(24)33/h7-10,13-14,16,19,29,35,41H,3-6,11-12,15H2,1-2H3,(H,36,39)(H,37,42)/t16-,19-,29?,31+/m1/s1. The molecule has 1 fully saturated rings. The maximum absolute atomic E-state index is 15.4. The molecule has 3 aliphatic rings. The van der Waals surface area contributed by atoms with Crippen molar-refractivity contribution in [1.29, 1.82) is 0 Å². The number of anilines is 3. The van der Waals surface area contributed by atoms with Gasteiger partial charge in [-0.2, -0.15) is 0 Å². The summed E-state index contributed by atoms with van der Waals surface area (Å²) in [4.78, 5) is 46.0. The van der Waals surface area contributed by atoms with E-state index < -0.39 is 29.8 Å². The number of aromatic nitrogens is 1. The molecule has 6 rings (SSSR count). The van der Waals surface area contributed by atoms with Crippen LogP contribution in [0.3, 0.4) is 0 Å². The molecule has 238 valence electrons. The summed E-state index contributed by atoms with van der Waals surface area (Å²) in [5, 5.41) is 18.0. The number of amides is 3. The van der Waals surface area contributed by atoms with Crippen molar-refractivity contribution in [2.75, 3.05) is 36.1 Å². The van der Waals surface area contributed by atoms with Gasteiger partial charge >= 0.3 is 6.09 Å². The predicted octanol–water partition coefficient (Wildman–Crippen LogP) is 5.39. The van der Waals surface area contributed by atoms with Gasteiger partial charge in [-0.25, -0.2) is 14.2 Å². The van der Waals surface area contributed by atoms with Gasteiger partial charge in [-0.3, -0.25) is 14.9 Å². The van der Waals surface area contributed by atoms with Gasteiger partial charge in [-0.05, 0) is 56.0 Å². The molecule has 0 saturated carbocycles. The van der Waals surface area contributed by atoms with Crippen molar-refractivity contribution in [3.05, 3.63) is 58.8 Å². The van der Waals surface area contributed by atoms with Crippen molar-refractivity contribution < 1.29 is 37.8 Å². The first-order valence-electron chi connectivity index (χ1n) is 14.7. The molecule has 4 N–H and O–H groups in total. The van der Waals surface area contributed by atoms with E-state index in [0.29, 0.717) is 61.3 Å². The number of ether oxygens (including phenoxy) is 2. The van der Waals surface area contributed by atoms with E-state index in [9.17, 15) is 19.5 Å². The number of hydrogen-bond donors (Lipinski definition) is 4. The average Bonchev–Trinajstić information content (AvgIpc) is 3.50. The number of rotatable bonds is 4. The molecule has 0 radical (unpaired) electrons. The fraction of sp³-hybridized carbons (Fsp3) is 0.419. The van der Waals surface area contributed by atoms with Gasteiger partial charge in [-0.15, -0.1) is 0 Å². The molecule has 3 aliphatic heterocycles. The van der Waals surface area contributed by atoms with Crippen molar-refractivity contribution >= 4 is 46.6 Å². The molecule has 0 aliphatic carbocycles. The molecule has 3 amide bonds. The Balaban J connectivity index is 1.33. The maximum Gasteiger partial charge on any atom is 0.412 e. The van der Waals surface area contributed by atoms with E-state index in [1.165, 1.54) is 25.4 Å². The molecule has 1 spiro atoms. The van der Waals surface area contributed by atoms with Gasteiger partial charge in [0.15, 0.2) is 17.2 Å². The Morgan fingerprint density at radius 2 is 2.04 bits per heavy atom. The van der Waals surface area contributed by atoms with Crippen LogP contribution >= 0.6 is 11.6 Å². The number of hydrogen-bond acceptors (Lipinski definition) is 9. The van der Waals surface area contributed by atoms with Gasteiger partial charge < -0.3 is 34.5 Å². The Bertz CT molecular complexity index is 1650. The lowest BCUT2D eigenvalue weighted by Gasteiger charge is -2.45. The number of carbonyl (C=O) groups is 3. The zero-order chi connectivity index (χ0) is 31.9. The van der Waals surface area contributed by atoms with Crippen LogP contribution < -0.4 is 16.0 Å². The van der Waals surface area contributed by atoms with Gasteiger partial charge in [0.1, 0.15) is 5.92 Å². The number of oxazole rings is 1. The van der Waals surface area contributed by atoms with E-state index in [-0.39, 0.29) is 46.4 Å². The Labute approximate surface area is 263 Å². The lowest BCUT2D eigenvalue weighted by atomic mass is 9.82. The summed E-state index contributed by atoms with van der Waals surface area (Å²) in [6.07, 6.45) is 1.63. The number of nitrogens with one attached hydrogen (secondary N) is 3. The number of aliphatic hydroxyl groups is 1. The molecule has 1 saturated heterocycles. The normalized spacial score (nSPS) is 23.8. The summed E-state index contributed by atoms with van der Waals surface area (Å²) in [5.74, 6) is -1.86. The number of nitrogens with zero attached hydrogens (tertiary/aromatic N) is 2. The van der Waals surface area contributed by atoms with E-state index in [0.717, 1.165) is 0 Å². The molecule has 2 aromatic carbocycles. The molecular weight excluding hydrogens is 609 g/mol. The van der Waals surface area contributed by atoms with Crippen molar-refractivity contribution in [2.24, 2.45) is 5.92 Å². The zero-order valence-electron chi connectivity index (χ0n) is 24.7. The number of methoxy groups -OCH3 is 1. The number of aliphatic hydroxyl groups excluding tert-OH is 1. The second-order valence-corrected chi connectivity index (χ2v) is 12.0. The molecule has 4 atom stereocenters. The summed E-state index contributed by atoms with van der Waals surface area (Å²) in [7, 11) is 1.35. The SMILES string of the molecule is COC(O)Nc1ccc2c(c1)NC(=O)[C@H](C)CCC[C@@H](C(=O)N1CCC[C@@]3(C1)OC(=O)Nc1ccc(Cl)c(F)c13)c1ncc-2o1. The van der Waals surface area contributed by atoms with Crippen LogP contribution in [0.1, 0.15) is 56.4 Å². The summed E-state index contributed by atoms with van der Waals surface area (Å²) in [6, 6.07) is 7.93. The van der Waals surface area contributed by atoms with E-state index in [4.69, 9.17) is 25.5 Å². The Hall–Kier alpha value is -4.20. The lowest BCUT2D eigenvalue weighted by molar-refractivity contribution is -0.141. The summed E-state index contributed by atoms with van der Waals surface area (Å²) < 4.78 is 32.2. The van der Waals surface area contributed by atoms with E-state index >= 15 is 4.39 Å². The third kappa shape index (κ3) is 5.95. The Morgan fingerprint density at radius 1 is 1.22 bits per heavy atom. The largest absolute Gasteiger partial charge is 0.440 e. The molecule has 1 unspecified atom stereocenters. The molecule has 14 heteroatoms. The first-order chi connectivity index (χ1) is 21.6. The van der Waals surface area contributed by atoms with Gasteiger partial charge in [0.2, 0.25) is 24.1 Å². The number of halogens is 2. The minimum absolute atomic E-state index is 0.0711. The molecule has 4 heterocycles. The third-order valence-corrected chi connectivity index (χ3v) is 8.89. The monoisotopic (exact) mass is 641 g/mol. The molecular formula is C31H33ClFN5O7. The molecule has 1 aromatic heterocycles. The Kier molecular flexibility index (Phi) is 8.42. The highest BCUT2D eigenvalue weighted by Crippen LogP contribution is 2.46.